The van der Waals surface area contributed by atoms with Gasteiger partial charge in [-0.3, -0.25) is 4.79 Å². The minimum Gasteiger partial charge on any atom is -0.481 e. The molecule has 37 heavy (non-hydrogen) atoms. The molecule has 0 saturated carbocycles. The predicted octanol–water partition coefficient (Wildman–Crippen LogP) is 5.00. The highest BCUT2D eigenvalue weighted by Crippen LogP contribution is 2.25. The molecular weight excluding hydrogens is 467 g/mol. The molecule has 1 fully saturated rings. The third kappa shape index (κ3) is 6.35. The zero-order valence-electron chi connectivity index (χ0n) is 21.0. The molecule has 3 aromatic carbocycles. The lowest BCUT2D eigenvalue weighted by Crippen LogP contribution is -2.38. The Hall–Kier alpha value is -3.71. The maximum absolute atomic E-state index is 13.5. The smallest absolute Gasteiger partial charge is 0.307 e. The summed E-state index contributed by atoms with van der Waals surface area (Å²) in [7, 11) is 0. The number of benzene rings is 3. The summed E-state index contributed by atoms with van der Waals surface area (Å²) in [5, 5.41) is 8.95. The van der Waals surface area contributed by atoms with Crippen molar-refractivity contribution in [2.75, 3.05) is 37.6 Å². The summed E-state index contributed by atoms with van der Waals surface area (Å²) < 4.78 is 15.7. The van der Waals surface area contributed by atoms with Crippen molar-refractivity contribution in [1.82, 2.24) is 14.5 Å². The van der Waals surface area contributed by atoms with Gasteiger partial charge in [-0.25, -0.2) is 9.37 Å². The van der Waals surface area contributed by atoms with E-state index in [0.29, 0.717) is 6.54 Å². The van der Waals surface area contributed by atoms with E-state index < -0.39 is 5.97 Å². The number of carboxylic acids is 1. The van der Waals surface area contributed by atoms with Crippen molar-refractivity contribution < 1.29 is 14.3 Å². The molecule has 5 rings (SSSR count). The second-order valence-corrected chi connectivity index (χ2v) is 9.79. The van der Waals surface area contributed by atoms with Crippen LogP contribution in [-0.4, -0.2) is 58.3 Å². The third-order valence-corrected chi connectivity index (χ3v) is 7.07. The molecule has 1 aliphatic rings. The second-order valence-electron chi connectivity index (χ2n) is 9.79. The normalized spacial score (nSPS) is 15.0. The van der Waals surface area contributed by atoms with Gasteiger partial charge in [-0.2, -0.15) is 0 Å². The van der Waals surface area contributed by atoms with Crippen LogP contribution in [0.2, 0.25) is 0 Å². The van der Waals surface area contributed by atoms with E-state index >= 15 is 0 Å². The number of carboxylic acid groups (broad SMARTS) is 1. The number of imidazole rings is 1. The SMILES string of the molecule is O=C(O)Cc1ccc(CCN2CCCN(c3nc4ccccc4n3Cc3ccc(F)cc3)CCC2)cc1. The monoisotopic (exact) mass is 500 g/mol. The lowest BCUT2D eigenvalue weighted by Gasteiger charge is -2.31. The number of hydrogen-bond donors (Lipinski definition) is 1. The molecule has 2 heterocycles. The van der Waals surface area contributed by atoms with Gasteiger partial charge in [0.15, 0.2) is 0 Å². The fourth-order valence-corrected chi connectivity index (χ4v) is 5.14. The van der Waals surface area contributed by atoms with E-state index in [2.05, 4.69) is 38.6 Å². The molecular formula is C30H33FN4O2. The van der Waals surface area contributed by atoms with Crippen molar-refractivity contribution in [1.29, 1.82) is 0 Å². The zero-order chi connectivity index (χ0) is 25.6. The Morgan fingerprint density at radius 3 is 2.19 bits per heavy atom. The number of hydrogen-bond acceptors (Lipinski definition) is 4. The fraction of sp³-hybridized carbons (Fsp3) is 0.333. The van der Waals surface area contributed by atoms with Crippen molar-refractivity contribution >= 4 is 23.0 Å². The highest BCUT2D eigenvalue weighted by molar-refractivity contribution is 5.79. The van der Waals surface area contributed by atoms with Crippen LogP contribution >= 0.6 is 0 Å². The van der Waals surface area contributed by atoms with Crippen molar-refractivity contribution in [3.8, 4) is 0 Å². The van der Waals surface area contributed by atoms with Crippen LogP contribution in [0.3, 0.4) is 0 Å². The Bertz CT molecular complexity index is 1320. The number of carbonyl (C=O) groups is 1. The number of fused-ring (bicyclic) bond motifs is 1. The number of para-hydroxylation sites is 2. The van der Waals surface area contributed by atoms with Crippen molar-refractivity contribution in [3.05, 3.63) is 95.3 Å². The zero-order valence-corrected chi connectivity index (χ0v) is 21.0. The van der Waals surface area contributed by atoms with Crippen LogP contribution < -0.4 is 4.90 Å². The van der Waals surface area contributed by atoms with Gasteiger partial charge in [0.1, 0.15) is 5.82 Å². The molecule has 6 nitrogen and oxygen atoms in total. The van der Waals surface area contributed by atoms with Gasteiger partial charge in [0.05, 0.1) is 24.0 Å². The van der Waals surface area contributed by atoms with Crippen molar-refractivity contribution in [2.24, 2.45) is 0 Å². The average Bonchev–Trinajstić information content (AvgIpc) is 3.23. The number of halogens is 1. The first-order chi connectivity index (χ1) is 18.0. The summed E-state index contributed by atoms with van der Waals surface area (Å²) in [5.41, 5.74) is 5.22. The van der Waals surface area contributed by atoms with Crippen LogP contribution in [0.25, 0.3) is 11.0 Å². The predicted molar refractivity (Wildman–Crippen MR) is 145 cm³/mol. The van der Waals surface area contributed by atoms with Gasteiger partial charge in [-0.15, -0.1) is 0 Å². The van der Waals surface area contributed by atoms with Gasteiger partial charge in [-0.1, -0.05) is 48.5 Å². The summed E-state index contributed by atoms with van der Waals surface area (Å²) in [6.07, 6.45) is 3.14. The Kier molecular flexibility index (Phi) is 7.80. The minimum atomic E-state index is -0.798. The molecule has 0 unspecified atom stereocenters. The molecule has 0 atom stereocenters. The maximum Gasteiger partial charge on any atom is 0.307 e. The average molecular weight is 501 g/mol. The van der Waals surface area contributed by atoms with Gasteiger partial charge in [0.25, 0.3) is 0 Å². The maximum atomic E-state index is 13.5. The number of nitrogens with zero attached hydrogens (tertiary/aromatic N) is 4. The van der Waals surface area contributed by atoms with E-state index in [4.69, 9.17) is 10.1 Å². The Labute approximate surface area is 217 Å². The molecule has 1 N–H and O–H groups in total. The van der Waals surface area contributed by atoms with Gasteiger partial charge >= 0.3 is 5.97 Å². The number of rotatable bonds is 8. The molecule has 0 bridgehead atoms. The lowest BCUT2D eigenvalue weighted by atomic mass is 10.1. The molecule has 7 heteroatoms. The van der Waals surface area contributed by atoms with E-state index in [9.17, 15) is 9.18 Å². The van der Waals surface area contributed by atoms with Gasteiger partial charge in [-0.05, 0) is 73.3 Å². The van der Waals surface area contributed by atoms with Crippen LogP contribution in [-0.2, 0) is 24.2 Å². The van der Waals surface area contributed by atoms with Crippen LogP contribution in [0, 0.1) is 5.82 Å². The second kappa shape index (κ2) is 11.6. The lowest BCUT2D eigenvalue weighted by molar-refractivity contribution is -0.136. The van der Waals surface area contributed by atoms with Crippen LogP contribution in [0.5, 0.6) is 0 Å². The Morgan fingerprint density at radius 1 is 0.838 bits per heavy atom. The highest BCUT2D eigenvalue weighted by Gasteiger charge is 2.20. The van der Waals surface area contributed by atoms with Crippen LogP contribution in [0.15, 0.2) is 72.8 Å². The summed E-state index contributed by atoms with van der Waals surface area (Å²) >= 11 is 0. The standard InChI is InChI=1S/C30H33FN4O2/c31-26-13-11-25(12-14-26)22-35-28-6-2-1-5-27(28)32-30(35)34-18-3-16-33(17-4-19-34)20-15-23-7-9-24(10-8-23)21-29(36)37/h1-2,5-14H,3-4,15-22H2,(H,36,37). The van der Waals surface area contributed by atoms with Gasteiger partial charge in [0.2, 0.25) is 5.95 Å². The van der Waals surface area contributed by atoms with E-state index in [1.165, 1.54) is 17.7 Å². The molecule has 0 amide bonds. The van der Waals surface area contributed by atoms with Crippen molar-refractivity contribution in [2.45, 2.75) is 32.2 Å². The molecule has 1 aliphatic heterocycles. The summed E-state index contributed by atoms with van der Waals surface area (Å²) in [5.74, 6) is -0.0307. The van der Waals surface area contributed by atoms with E-state index in [0.717, 1.165) is 80.1 Å². The van der Waals surface area contributed by atoms with E-state index in [1.807, 2.05) is 36.4 Å². The molecule has 1 saturated heterocycles. The number of aromatic nitrogens is 2. The molecule has 0 radical (unpaired) electrons. The van der Waals surface area contributed by atoms with E-state index in [-0.39, 0.29) is 12.2 Å². The molecule has 0 spiro atoms. The van der Waals surface area contributed by atoms with E-state index in [1.54, 1.807) is 0 Å². The molecule has 4 aromatic rings. The minimum absolute atomic E-state index is 0.0700. The highest BCUT2D eigenvalue weighted by atomic mass is 19.1. The van der Waals surface area contributed by atoms with Crippen LogP contribution in [0.1, 0.15) is 29.5 Å². The molecule has 192 valence electrons. The fourth-order valence-electron chi connectivity index (χ4n) is 5.14. The molecule has 0 aliphatic carbocycles. The first kappa shape index (κ1) is 25.0. The largest absolute Gasteiger partial charge is 0.481 e. The first-order valence-corrected chi connectivity index (χ1v) is 13.0. The summed E-state index contributed by atoms with van der Waals surface area (Å²) in [4.78, 5) is 20.8. The quantitative estimate of drug-likeness (QED) is 0.369. The topological polar surface area (TPSA) is 61.6 Å². The Balaban J connectivity index is 1.22. The number of aliphatic carboxylic acids is 1. The van der Waals surface area contributed by atoms with Crippen LogP contribution in [0.4, 0.5) is 10.3 Å². The summed E-state index contributed by atoms with van der Waals surface area (Å²) in [6.45, 7) is 5.60. The number of anilines is 1. The summed E-state index contributed by atoms with van der Waals surface area (Å²) in [6, 6.07) is 22.9. The van der Waals surface area contributed by atoms with Crippen molar-refractivity contribution in [3.63, 3.8) is 0 Å². The third-order valence-electron chi connectivity index (χ3n) is 7.07. The Morgan fingerprint density at radius 2 is 1.49 bits per heavy atom. The molecule has 1 aromatic heterocycles. The first-order valence-electron chi connectivity index (χ1n) is 13.0. The van der Waals surface area contributed by atoms with Gasteiger partial charge in [0, 0.05) is 19.6 Å². The van der Waals surface area contributed by atoms with Gasteiger partial charge < -0.3 is 19.5 Å².